The SMILES string of the molecule is CCCCCOc1nc(CC)c(-c2ccc(OC(C)C)cc2OCC)nc1CC. The van der Waals surface area contributed by atoms with E-state index in [9.17, 15) is 0 Å². The second-order valence-electron chi connectivity index (χ2n) is 7.29. The zero-order valence-corrected chi connectivity index (χ0v) is 18.9. The zero-order chi connectivity index (χ0) is 21.2. The van der Waals surface area contributed by atoms with E-state index in [-0.39, 0.29) is 6.10 Å². The van der Waals surface area contributed by atoms with Crippen LogP contribution in [0.25, 0.3) is 11.3 Å². The summed E-state index contributed by atoms with van der Waals surface area (Å²) in [4.78, 5) is 9.79. The van der Waals surface area contributed by atoms with E-state index in [0.717, 1.165) is 59.8 Å². The average Bonchev–Trinajstić information content (AvgIpc) is 2.71. The molecule has 2 aromatic rings. The molecular formula is C24H36N2O3. The Labute approximate surface area is 175 Å². The van der Waals surface area contributed by atoms with Gasteiger partial charge in [0.05, 0.1) is 30.7 Å². The van der Waals surface area contributed by atoms with E-state index in [1.54, 1.807) is 0 Å². The summed E-state index contributed by atoms with van der Waals surface area (Å²) < 4.78 is 17.7. The molecule has 0 bridgehead atoms. The predicted octanol–water partition coefficient (Wildman–Crippen LogP) is 6.02. The Balaban J connectivity index is 2.44. The molecule has 0 fully saturated rings. The summed E-state index contributed by atoms with van der Waals surface area (Å²) in [5.74, 6) is 2.24. The smallest absolute Gasteiger partial charge is 0.235 e. The van der Waals surface area contributed by atoms with Crippen molar-refractivity contribution >= 4 is 0 Å². The van der Waals surface area contributed by atoms with E-state index in [0.29, 0.717) is 19.1 Å². The molecule has 0 radical (unpaired) electrons. The number of hydrogen-bond acceptors (Lipinski definition) is 5. The Morgan fingerprint density at radius 1 is 0.897 bits per heavy atom. The summed E-state index contributed by atoms with van der Waals surface area (Å²) in [7, 11) is 0. The van der Waals surface area contributed by atoms with Gasteiger partial charge in [0.2, 0.25) is 5.88 Å². The molecule has 1 heterocycles. The second-order valence-corrected chi connectivity index (χ2v) is 7.29. The van der Waals surface area contributed by atoms with Crippen molar-refractivity contribution in [3.63, 3.8) is 0 Å². The van der Waals surface area contributed by atoms with E-state index < -0.39 is 0 Å². The van der Waals surface area contributed by atoms with Gasteiger partial charge in [-0.2, -0.15) is 0 Å². The lowest BCUT2D eigenvalue weighted by Gasteiger charge is -2.17. The van der Waals surface area contributed by atoms with Gasteiger partial charge in [-0.15, -0.1) is 0 Å². The highest BCUT2D eigenvalue weighted by Crippen LogP contribution is 2.36. The van der Waals surface area contributed by atoms with Crippen LogP contribution in [0.15, 0.2) is 18.2 Å². The zero-order valence-electron chi connectivity index (χ0n) is 18.9. The van der Waals surface area contributed by atoms with Crippen LogP contribution in [-0.4, -0.2) is 29.3 Å². The van der Waals surface area contributed by atoms with Crippen LogP contribution in [0.5, 0.6) is 17.4 Å². The van der Waals surface area contributed by atoms with Crippen LogP contribution < -0.4 is 14.2 Å². The molecule has 0 spiro atoms. The first kappa shape index (κ1) is 23.0. The summed E-state index contributed by atoms with van der Waals surface area (Å²) in [6, 6.07) is 5.94. The van der Waals surface area contributed by atoms with Crippen LogP contribution in [0.3, 0.4) is 0 Å². The largest absolute Gasteiger partial charge is 0.493 e. The van der Waals surface area contributed by atoms with Gasteiger partial charge in [-0.25, -0.2) is 9.97 Å². The molecule has 0 saturated heterocycles. The molecule has 0 aliphatic carbocycles. The predicted molar refractivity (Wildman–Crippen MR) is 118 cm³/mol. The number of ether oxygens (including phenoxy) is 3. The van der Waals surface area contributed by atoms with Crippen molar-refractivity contribution in [3.8, 4) is 28.6 Å². The van der Waals surface area contributed by atoms with Gasteiger partial charge in [0.15, 0.2) is 0 Å². The van der Waals surface area contributed by atoms with E-state index in [1.165, 1.54) is 6.42 Å². The molecule has 0 aliphatic heterocycles. The molecule has 5 heteroatoms. The standard InChI is InChI=1S/C24H36N2O3/c1-7-11-12-15-28-24-21(9-3)25-23(20(8-2)26-24)19-14-13-18(29-17(5)6)16-22(19)27-10-4/h13-14,16-17H,7-12,15H2,1-6H3. The normalized spacial score (nSPS) is 11.0. The first-order valence-electron chi connectivity index (χ1n) is 11.0. The Kier molecular flexibility index (Phi) is 9.23. The molecule has 1 aromatic carbocycles. The van der Waals surface area contributed by atoms with E-state index in [4.69, 9.17) is 24.2 Å². The van der Waals surface area contributed by atoms with Crippen molar-refractivity contribution in [2.75, 3.05) is 13.2 Å². The number of unbranched alkanes of at least 4 members (excludes halogenated alkanes) is 2. The Bertz CT molecular complexity index is 775. The van der Waals surface area contributed by atoms with E-state index in [2.05, 4.69) is 20.8 Å². The highest BCUT2D eigenvalue weighted by molar-refractivity contribution is 5.71. The Morgan fingerprint density at radius 2 is 1.66 bits per heavy atom. The highest BCUT2D eigenvalue weighted by Gasteiger charge is 2.18. The van der Waals surface area contributed by atoms with Crippen molar-refractivity contribution in [2.24, 2.45) is 0 Å². The molecule has 5 nitrogen and oxygen atoms in total. The van der Waals surface area contributed by atoms with Crippen LogP contribution in [0.1, 0.15) is 72.2 Å². The van der Waals surface area contributed by atoms with Crippen molar-refractivity contribution in [3.05, 3.63) is 29.6 Å². The van der Waals surface area contributed by atoms with Crippen LogP contribution in [0.4, 0.5) is 0 Å². The number of nitrogens with zero attached hydrogens (tertiary/aromatic N) is 2. The number of aryl methyl sites for hydroxylation is 2. The van der Waals surface area contributed by atoms with Crippen LogP contribution in [0.2, 0.25) is 0 Å². The van der Waals surface area contributed by atoms with Crippen molar-refractivity contribution in [1.29, 1.82) is 0 Å². The van der Waals surface area contributed by atoms with Crippen molar-refractivity contribution in [1.82, 2.24) is 9.97 Å². The Hall–Kier alpha value is -2.30. The number of benzene rings is 1. The third kappa shape index (κ3) is 6.34. The quantitative estimate of drug-likeness (QED) is 0.408. The summed E-state index contributed by atoms with van der Waals surface area (Å²) in [5.41, 5.74) is 3.62. The lowest BCUT2D eigenvalue weighted by atomic mass is 10.1. The fourth-order valence-electron chi connectivity index (χ4n) is 3.14. The van der Waals surface area contributed by atoms with E-state index in [1.807, 2.05) is 39.0 Å². The minimum Gasteiger partial charge on any atom is -0.493 e. The summed E-state index contributed by atoms with van der Waals surface area (Å²) in [6.07, 6.45) is 5.02. The number of hydrogen-bond donors (Lipinski definition) is 0. The average molecular weight is 401 g/mol. The third-order valence-corrected chi connectivity index (χ3v) is 4.54. The Morgan fingerprint density at radius 3 is 2.28 bits per heavy atom. The molecule has 1 aromatic heterocycles. The van der Waals surface area contributed by atoms with Crippen LogP contribution in [0, 0.1) is 0 Å². The maximum absolute atomic E-state index is 5.98. The van der Waals surface area contributed by atoms with Crippen molar-refractivity contribution < 1.29 is 14.2 Å². The van der Waals surface area contributed by atoms with Gasteiger partial charge in [-0.3, -0.25) is 0 Å². The molecule has 0 N–H and O–H groups in total. The first-order chi connectivity index (χ1) is 14.0. The highest BCUT2D eigenvalue weighted by atomic mass is 16.5. The maximum atomic E-state index is 5.98. The molecular weight excluding hydrogens is 364 g/mol. The van der Waals surface area contributed by atoms with Crippen LogP contribution in [-0.2, 0) is 12.8 Å². The van der Waals surface area contributed by atoms with Gasteiger partial charge < -0.3 is 14.2 Å². The van der Waals surface area contributed by atoms with Gasteiger partial charge in [0.25, 0.3) is 0 Å². The minimum atomic E-state index is 0.108. The molecule has 29 heavy (non-hydrogen) atoms. The lowest BCUT2D eigenvalue weighted by Crippen LogP contribution is -2.09. The lowest BCUT2D eigenvalue weighted by molar-refractivity contribution is 0.240. The molecule has 0 saturated carbocycles. The van der Waals surface area contributed by atoms with Gasteiger partial charge in [0, 0.05) is 11.6 Å². The molecule has 0 amide bonds. The summed E-state index contributed by atoms with van der Waals surface area (Å²) in [6.45, 7) is 13.6. The fraction of sp³-hybridized carbons (Fsp3) is 0.583. The van der Waals surface area contributed by atoms with Gasteiger partial charge in [-0.1, -0.05) is 33.6 Å². The van der Waals surface area contributed by atoms with Crippen molar-refractivity contribution in [2.45, 2.75) is 79.8 Å². The molecule has 0 unspecified atom stereocenters. The second kappa shape index (κ2) is 11.6. The first-order valence-corrected chi connectivity index (χ1v) is 11.0. The number of rotatable bonds is 12. The van der Waals surface area contributed by atoms with Gasteiger partial charge >= 0.3 is 0 Å². The molecule has 0 aliphatic rings. The molecule has 160 valence electrons. The van der Waals surface area contributed by atoms with Gasteiger partial charge in [0.1, 0.15) is 17.2 Å². The summed E-state index contributed by atoms with van der Waals surface area (Å²) in [5, 5.41) is 0. The third-order valence-electron chi connectivity index (χ3n) is 4.54. The molecule has 0 atom stereocenters. The summed E-state index contributed by atoms with van der Waals surface area (Å²) >= 11 is 0. The minimum absolute atomic E-state index is 0.108. The topological polar surface area (TPSA) is 53.5 Å². The monoisotopic (exact) mass is 400 g/mol. The van der Waals surface area contributed by atoms with Crippen LogP contribution >= 0.6 is 0 Å². The maximum Gasteiger partial charge on any atom is 0.235 e. The molecule has 2 rings (SSSR count). The fourth-order valence-corrected chi connectivity index (χ4v) is 3.14. The van der Waals surface area contributed by atoms with Gasteiger partial charge in [-0.05, 0) is 52.2 Å². The van der Waals surface area contributed by atoms with E-state index >= 15 is 0 Å². The number of aromatic nitrogens is 2.